The van der Waals surface area contributed by atoms with Crippen LogP contribution in [-0.2, 0) is 4.79 Å². The lowest BCUT2D eigenvalue weighted by Gasteiger charge is -2.25. The van der Waals surface area contributed by atoms with Crippen LogP contribution in [0.2, 0.25) is 0 Å². The number of carbonyl (C=O) groups is 2. The molecule has 0 bridgehead atoms. The molecule has 0 aliphatic carbocycles. The summed E-state index contributed by atoms with van der Waals surface area (Å²) in [5.41, 5.74) is 4.68. The third-order valence-corrected chi connectivity index (χ3v) is 3.71. The average Bonchev–Trinajstić information content (AvgIpc) is 3.06. The average molecular weight is 304 g/mol. The van der Waals surface area contributed by atoms with Gasteiger partial charge in [0.2, 0.25) is 6.10 Å². The van der Waals surface area contributed by atoms with Crippen molar-refractivity contribution in [1.82, 2.24) is 10.9 Å². The lowest BCUT2D eigenvalue weighted by molar-refractivity contribution is -0.131. The van der Waals surface area contributed by atoms with Crippen molar-refractivity contribution in [1.29, 1.82) is 0 Å². The second-order valence-corrected chi connectivity index (χ2v) is 5.23. The molecule has 0 unspecified atom stereocenters. The lowest BCUT2D eigenvalue weighted by Crippen LogP contribution is -2.50. The van der Waals surface area contributed by atoms with Crippen LogP contribution >= 0.6 is 11.3 Å². The van der Waals surface area contributed by atoms with Gasteiger partial charge in [-0.25, -0.2) is 0 Å². The molecule has 1 aromatic heterocycles. The highest BCUT2D eigenvalue weighted by molar-refractivity contribution is 7.12. The van der Waals surface area contributed by atoms with Crippen molar-refractivity contribution >= 4 is 23.2 Å². The van der Waals surface area contributed by atoms with E-state index >= 15 is 0 Å². The van der Waals surface area contributed by atoms with E-state index in [2.05, 4.69) is 10.9 Å². The number of rotatable bonds is 2. The number of thiophene rings is 1. The fourth-order valence-electron chi connectivity index (χ4n) is 1.82. The Balaban J connectivity index is 1.56. The number of benzene rings is 1. The van der Waals surface area contributed by atoms with E-state index in [-0.39, 0.29) is 12.5 Å². The van der Waals surface area contributed by atoms with E-state index < -0.39 is 12.0 Å². The zero-order chi connectivity index (χ0) is 14.7. The van der Waals surface area contributed by atoms with Crippen LogP contribution in [0.4, 0.5) is 0 Å². The Labute approximate surface area is 124 Å². The number of para-hydroxylation sites is 2. The van der Waals surface area contributed by atoms with Crippen molar-refractivity contribution < 1.29 is 19.1 Å². The SMILES string of the molecule is O=C(NNC(=O)[C@@H]1COc2ccccc2O1)c1cccs1. The molecule has 1 aliphatic rings. The summed E-state index contributed by atoms with van der Waals surface area (Å²) in [6.07, 6.45) is -0.802. The number of hydrogen-bond acceptors (Lipinski definition) is 5. The minimum atomic E-state index is -0.802. The summed E-state index contributed by atoms with van der Waals surface area (Å²) < 4.78 is 11.0. The first-order valence-electron chi connectivity index (χ1n) is 6.26. The molecule has 1 aliphatic heterocycles. The Morgan fingerprint density at radius 3 is 2.67 bits per heavy atom. The van der Waals surface area contributed by atoms with Crippen LogP contribution in [0.1, 0.15) is 9.67 Å². The van der Waals surface area contributed by atoms with Crippen molar-refractivity contribution in [3.63, 3.8) is 0 Å². The molecule has 21 heavy (non-hydrogen) atoms. The van der Waals surface area contributed by atoms with Gasteiger partial charge in [-0.2, -0.15) is 0 Å². The van der Waals surface area contributed by atoms with E-state index in [1.54, 1.807) is 35.7 Å². The van der Waals surface area contributed by atoms with Crippen LogP contribution in [0, 0.1) is 0 Å². The van der Waals surface area contributed by atoms with E-state index in [4.69, 9.17) is 9.47 Å². The van der Waals surface area contributed by atoms with Gasteiger partial charge in [-0.05, 0) is 23.6 Å². The van der Waals surface area contributed by atoms with Gasteiger partial charge in [-0.1, -0.05) is 18.2 Å². The first-order valence-corrected chi connectivity index (χ1v) is 7.14. The quantitative estimate of drug-likeness (QED) is 0.821. The van der Waals surface area contributed by atoms with E-state index in [9.17, 15) is 9.59 Å². The maximum Gasteiger partial charge on any atom is 0.283 e. The van der Waals surface area contributed by atoms with Crippen LogP contribution in [0.15, 0.2) is 41.8 Å². The summed E-state index contributed by atoms with van der Waals surface area (Å²) in [4.78, 5) is 24.2. The first-order chi connectivity index (χ1) is 10.2. The van der Waals surface area contributed by atoms with Crippen molar-refractivity contribution in [2.24, 2.45) is 0 Å². The second kappa shape index (κ2) is 5.84. The van der Waals surface area contributed by atoms with Gasteiger partial charge in [0.25, 0.3) is 11.8 Å². The standard InChI is InChI=1S/C14H12N2O4S/c17-13(15-16-14(18)12-6-3-7-21-12)11-8-19-9-4-1-2-5-10(9)20-11/h1-7,11H,8H2,(H,15,17)(H,16,18)/t11-/m0/s1. The maximum atomic E-state index is 12.0. The molecule has 3 rings (SSSR count). The number of nitrogens with one attached hydrogen (secondary N) is 2. The van der Waals surface area contributed by atoms with Crippen LogP contribution < -0.4 is 20.3 Å². The third kappa shape index (κ3) is 2.97. The van der Waals surface area contributed by atoms with Crippen molar-refractivity contribution in [3.05, 3.63) is 46.7 Å². The predicted molar refractivity (Wildman–Crippen MR) is 76.3 cm³/mol. The van der Waals surface area contributed by atoms with E-state index in [1.165, 1.54) is 11.3 Å². The zero-order valence-electron chi connectivity index (χ0n) is 10.9. The summed E-state index contributed by atoms with van der Waals surface area (Å²) in [5.74, 6) is 0.280. The number of hydrogen-bond donors (Lipinski definition) is 2. The Bertz CT molecular complexity index is 657. The molecular weight excluding hydrogens is 292 g/mol. The molecule has 0 spiro atoms. The molecule has 0 radical (unpaired) electrons. The molecule has 0 saturated carbocycles. The van der Waals surface area contributed by atoms with E-state index in [0.29, 0.717) is 16.4 Å². The van der Waals surface area contributed by atoms with Gasteiger partial charge in [-0.3, -0.25) is 20.4 Å². The van der Waals surface area contributed by atoms with Crippen LogP contribution in [-0.4, -0.2) is 24.5 Å². The fourth-order valence-corrected chi connectivity index (χ4v) is 2.44. The third-order valence-electron chi connectivity index (χ3n) is 2.85. The Hall–Kier alpha value is -2.54. The van der Waals surface area contributed by atoms with Gasteiger partial charge in [-0.15, -0.1) is 11.3 Å². The van der Waals surface area contributed by atoms with Crippen LogP contribution in [0.5, 0.6) is 11.5 Å². The lowest BCUT2D eigenvalue weighted by atomic mass is 10.2. The monoisotopic (exact) mass is 304 g/mol. The highest BCUT2D eigenvalue weighted by atomic mass is 32.1. The molecule has 0 saturated heterocycles. The molecule has 1 atom stereocenters. The minimum Gasteiger partial charge on any atom is -0.485 e. The molecular formula is C14H12N2O4S. The number of carbonyl (C=O) groups excluding carboxylic acids is 2. The zero-order valence-corrected chi connectivity index (χ0v) is 11.7. The Kier molecular flexibility index (Phi) is 3.74. The summed E-state index contributed by atoms with van der Waals surface area (Å²) in [5, 5.41) is 1.78. The first kappa shape index (κ1) is 13.4. The summed E-state index contributed by atoms with van der Waals surface area (Å²) in [6.45, 7) is 0.0950. The van der Waals surface area contributed by atoms with Gasteiger partial charge in [0.1, 0.15) is 6.61 Å². The summed E-state index contributed by atoms with van der Waals surface area (Å²) in [7, 11) is 0. The molecule has 2 aromatic rings. The Morgan fingerprint density at radius 1 is 1.10 bits per heavy atom. The number of ether oxygens (including phenoxy) is 2. The van der Waals surface area contributed by atoms with Crippen molar-refractivity contribution in [3.8, 4) is 11.5 Å². The van der Waals surface area contributed by atoms with Crippen molar-refractivity contribution in [2.75, 3.05) is 6.61 Å². The molecule has 2 N–H and O–H groups in total. The fraction of sp³-hybridized carbons (Fsp3) is 0.143. The van der Waals surface area contributed by atoms with Gasteiger partial charge < -0.3 is 9.47 Å². The van der Waals surface area contributed by atoms with Crippen LogP contribution in [0.25, 0.3) is 0 Å². The van der Waals surface area contributed by atoms with Crippen LogP contribution in [0.3, 0.4) is 0 Å². The molecule has 0 fully saturated rings. The maximum absolute atomic E-state index is 12.0. The number of amides is 2. The Morgan fingerprint density at radius 2 is 1.90 bits per heavy atom. The van der Waals surface area contributed by atoms with Gasteiger partial charge in [0.05, 0.1) is 4.88 Å². The minimum absolute atomic E-state index is 0.0950. The topological polar surface area (TPSA) is 76.7 Å². The van der Waals surface area contributed by atoms with Crippen molar-refractivity contribution in [2.45, 2.75) is 6.10 Å². The number of fused-ring (bicyclic) bond motifs is 1. The van der Waals surface area contributed by atoms with E-state index in [1.807, 2.05) is 6.07 Å². The smallest absolute Gasteiger partial charge is 0.283 e. The molecule has 2 amide bonds. The highest BCUT2D eigenvalue weighted by Gasteiger charge is 2.27. The largest absolute Gasteiger partial charge is 0.485 e. The van der Waals surface area contributed by atoms with Gasteiger partial charge >= 0.3 is 0 Å². The highest BCUT2D eigenvalue weighted by Crippen LogP contribution is 2.30. The molecule has 6 nitrogen and oxygen atoms in total. The second-order valence-electron chi connectivity index (χ2n) is 4.28. The van der Waals surface area contributed by atoms with Gasteiger partial charge in [0.15, 0.2) is 11.5 Å². The molecule has 108 valence electrons. The summed E-state index contributed by atoms with van der Waals surface area (Å²) >= 11 is 1.29. The molecule has 2 heterocycles. The summed E-state index contributed by atoms with van der Waals surface area (Å²) in [6, 6.07) is 10.5. The predicted octanol–water partition coefficient (Wildman–Crippen LogP) is 1.35. The molecule has 7 heteroatoms. The normalized spacial score (nSPS) is 16.1. The van der Waals surface area contributed by atoms with Gasteiger partial charge in [0, 0.05) is 0 Å². The molecule has 1 aromatic carbocycles. The van der Waals surface area contributed by atoms with E-state index in [0.717, 1.165) is 0 Å². The number of hydrazine groups is 1.